The van der Waals surface area contributed by atoms with Crippen molar-refractivity contribution in [3.05, 3.63) is 96.6 Å². The molecule has 56 heavy (non-hydrogen) atoms. The minimum absolute atomic E-state index is 0.0282. The minimum atomic E-state index is -2.37. The number of aromatic nitrogens is 4. The summed E-state index contributed by atoms with van der Waals surface area (Å²) in [5.74, 6) is 2.63. The number of fused-ring (bicyclic) bond motifs is 2. The third-order valence-corrected chi connectivity index (χ3v) is 22.3. The smallest absolute Gasteiger partial charge is 0.192 e. The first-order valence-corrected chi connectivity index (χ1v) is 26.5. The first kappa shape index (κ1) is 40.4. The zero-order valence-corrected chi connectivity index (χ0v) is 37.5. The highest BCUT2D eigenvalue weighted by molar-refractivity contribution is 7.98. The summed E-state index contributed by atoms with van der Waals surface area (Å²) in [6, 6.07) is 25.1. The van der Waals surface area contributed by atoms with Crippen LogP contribution in [-0.4, -0.2) is 60.4 Å². The second kappa shape index (κ2) is 15.2. The molecule has 2 N–H and O–H groups in total. The Labute approximate surface area is 338 Å². The third kappa shape index (κ3) is 7.76. The number of nitrogens with zero attached hydrogens (tertiary/aromatic N) is 4. The van der Waals surface area contributed by atoms with Crippen molar-refractivity contribution in [3.63, 3.8) is 0 Å². The van der Waals surface area contributed by atoms with E-state index in [1.807, 2.05) is 36.9 Å². The fraction of sp³-hybridized carbons (Fsp3) is 0.432. The maximum Gasteiger partial charge on any atom is 0.192 e. The van der Waals surface area contributed by atoms with Gasteiger partial charge in [0.2, 0.25) is 0 Å². The number of thioether (sulfide) groups is 1. The average Bonchev–Trinajstić information content (AvgIpc) is 3.81. The van der Waals surface area contributed by atoms with Gasteiger partial charge in [0.25, 0.3) is 0 Å². The number of anilines is 1. The van der Waals surface area contributed by atoms with E-state index in [1.54, 1.807) is 6.33 Å². The normalized spacial score (nSPS) is 19.7. The molecule has 1 aliphatic heterocycles. The number of rotatable bonds is 11. The summed E-state index contributed by atoms with van der Waals surface area (Å²) in [4.78, 5) is 9.34. The molecule has 0 spiro atoms. The van der Waals surface area contributed by atoms with Gasteiger partial charge in [0, 0.05) is 34.4 Å². The molecular formula is C44H57N5O4SSi2. The van der Waals surface area contributed by atoms with Crippen LogP contribution in [0, 0.1) is 6.92 Å². The lowest BCUT2D eigenvalue weighted by Crippen LogP contribution is -2.53. The molecule has 1 fully saturated rings. The molecule has 4 atom stereocenters. The lowest BCUT2D eigenvalue weighted by Gasteiger charge is -2.44. The molecule has 3 aromatic heterocycles. The Morgan fingerprint density at radius 2 is 1.45 bits per heavy atom. The predicted octanol–water partition coefficient (Wildman–Crippen LogP) is 11.4. The molecule has 0 unspecified atom stereocenters. The van der Waals surface area contributed by atoms with E-state index in [0.717, 1.165) is 44.5 Å². The zero-order chi connectivity index (χ0) is 40.2. The van der Waals surface area contributed by atoms with Crippen molar-refractivity contribution >= 4 is 56.0 Å². The Kier molecular flexibility index (Phi) is 11.0. The Balaban J connectivity index is 1.32. The van der Waals surface area contributed by atoms with Gasteiger partial charge in [-0.3, -0.25) is 0 Å². The molecule has 9 nitrogen and oxygen atoms in total. The number of nitrogen functional groups attached to an aromatic ring is 1. The lowest BCUT2D eigenvalue weighted by atomic mass is 10.0. The van der Waals surface area contributed by atoms with Gasteiger partial charge in [-0.05, 0) is 65.6 Å². The second-order valence-electron chi connectivity index (χ2n) is 18.2. The molecule has 3 aromatic carbocycles. The van der Waals surface area contributed by atoms with Crippen LogP contribution >= 0.6 is 11.8 Å². The molecule has 1 saturated heterocycles. The van der Waals surface area contributed by atoms with Gasteiger partial charge >= 0.3 is 0 Å². The molecule has 12 heteroatoms. The summed E-state index contributed by atoms with van der Waals surface area (Å²) >= 11 is 1.81. The molecule has 0 saturated carbocycles. The number of hydrogen-bond acceptors (Lipinski definition) is 9. The summed E-state index contributed by atoms with van der Waals surface area (Å²) in [5.41, 5.74) is 12.4. The van der Waals surface area contributed by atoms with Crippen LogP contribution in [0.15, 0.2) is 89.8 Å². The number of aryl methyl sites for hydroxylation is 1. The molecule has 0 bridgehead atoms. The van der Waals surface area contributed by atoms with Crippen molar-refractivity contribution in [2.24, 2.45) is 0 Å². The monoisotopic (exact) mass is 807 g/mol. The Morgan fingerprint density at radius 1 is 0.804 bits per heavy atom. The molecule has 0 radical (unpaired) electrons. The predicted molar refractivity (Wildman–Crippen MR) is 236 cm³/mol. The van der Waals surface area contributed by atoms with Crippen LogP contribution < -0.4 is 5.73 Å². The van der Waals surface area contributed by atoms with E-state index in [-0.39, 0.29) is 22.3 Å². The number of hydrogen-bond donors (Lipinski definition) is 1. The van der Waals surface area contributed by atoms with Crippen LogP contribution in [0.3, 0.4) is 0 Å². The highest BCUT2D eigenvalue weighted by Gasteiger charge is 2.54. The van der Waals surface area contributed by atoms with E-state index in [2.05, 4.69) is 143 Å². The Hall–Kier alpha value is -3.79. The molecule has 0 amide bonds. The fourth-order valence-electron chi connectivity index (χ4n) is 6.90. The molecule has 6 aromatic rings. The van der Waals surface area contributed by atoms with Crippen molar-refractivity contribution < 1.29 is 18.1 Å². The highest BCUT2D eigenvalue weighted by atomic mass is 32.2. The summed E-state index contributed by atoms with van der Waals surface area (Å²) in [7, 11) is -4.70. The molecular weight excluding hydrogens is 751 g/mol. The van der Waals surface area contributed by atoms with Gasteiger partial charge in [-0.2, -0.15) is 11.8 Å². The van der Waals surface area contributed by atoms with E-state index in [0.29, 0.717) is 23.0 Å². The van der Waals surface area contributed by atoms with E-state index >= 15 is 0 Å². The number of nitrogens with two attached hydrogens (primary N) is 1. The number of benzene rings is 3. The van der Waals surface area contributed by atoms with Gasteiger partial charge in [-0.25, -0.2) is 9.97 Å². The summed E-state index contributed by atoms with van der Waals surface area (Å²) in [6.07, 6.45) is 2.12. The quantitative estimate of drug-likeness (QED) is 0.128. The maximum atomic E-state index is 7.51. The van der Waals surface area contributed by atoms with Crippen LogP contribution in [0.4, 0.5) is 5.82 Å². The van der Waals surface area contributed by atoms with Crippen molar-refractivity contribution in [1.82, 2.24) is 19.7 Å². The maximum absolute atomic E-state index is 7.51. The van der Waals surface area contributed by atoms with Gasteiger partial charge in [-0.1, -0.05) is 113 Å². The zero-order valence-electron chi connectivity index (χ0n) is 34.7. The lowest BCUT2D eigenvalue weighted by molar-refractivity contribution is -0.0243. The average molecular weight is 808 g/mol. The topological polar surface area (TPSA) is 110 Å². The first-order valence-electron chi connectivity index (χ1n) is 19.6. The van der Waals surface area contributed by atoms with E-state index in [9.17, 15) is 0 Å². The van der Waals surface area contributed by atoms with Crippen LogP contribution in [0.1, 0.15) is 59.0 Å². The van der Waals surface area contributed by atoms with Gasteiger partial charge in [-0.15, -0.1) is 0 Å². The Morgan fingerprint density at radius 3 is 2.12 bits per heavy atom. The highest BCUT2D eigenvalue weighted by Crippen LogP contribution is 2.48. The first-order chi connectivity index (χ1) is 26.4. The van der Waals surface area contributed by atoms with Crippen molar-refractivity contribution in [1.29, 1.82) is 0 Å². The van der Waals surface area contributed by atoms with E-state index in [4.69, 9.17) is 28.8 Å². The Bertz CT molecular complexity index is 2330. The fourth-order valence-corrected chi connectivity index (χ4v) is 10.7. The van der Waals surface area contributed by atoms with Gasteiger partial charge in [0.05, 0.1) is 17.2 Å². The summed E-state index contributed by atoms with van der Waals surface area (Å²) < 4.78 is 30.3. The summed E-state index contributed by atoms with van der Waals surface area (Å²) in [6.45, 7) is 25.0. The van der Waals surface area contributed by atoms with Crippen molar-refractivity contribution in [2.45, 2.75) is 115 Å². The van der Waals surface area contributed by atoms with Crippen LogP contribution in [0.5, 0.6) is 0 Å². The van der Waals surface area contributed by atoms with Crippen molar-refractivity contribution in [3.8, 4) is 22.5 Å². The van der Waals surface area contributed by atoms with Crippen LogP contribution in [0.2, 0.25) is 36.3 Å². The van der Waals surface area contributed by atoms with Gasteiger partial charge in [0.1, 0.15) is 30.0 Å². The van der Waals surface area contributed by atoms with Gasteiger partial charge in [0.15, 0.2) is 28.6 Å². The minimum Gasteiger partial charge on any atom is -0.408 e. The molecule has 1 aliphatic rings. The van der Waals surface area contributed by atoms with E-state index < -0.39 is 29.0 Å². The van der Waals surface area contributed by atoms with Crippen LogP contribution in [-0.2, 0) is 19.3 Å². The second-order valence-corrected chi connectivity index (χ2v) is 28.7. The summed E-state index contributed by atoms with van der Waals surface area (Å²) in [5, 5.41) is 7.41. The molecule has 7 rings (SSSR count). The van der Waals surface area contributed by atoms with E-state index in [1.165, 1.54) is 5.39 Å². The standard InChI is InChI=1S/C44H57N5O4SSi2/c1-28-34(37(51-48-28)30-18-13-12-14-19-30)25-54-26-35-38(52-55(8,9)43(2,3)4)39(53-56(10,11)44(5,6)7)42(50-35)49-24-33(36-40(45)46-27-47-41(36)49)32-22-21-29-17-15-16-20-31(29)23-32/h12-24,27,35,38-39,42H,25-26H2,1-11H3,(H2,45,46,47)/t35-,38-,39-,42-/m1/s1. The molecule has 0 aliphatic carbocycles. The number of ether oxygens (including phenoxy) is 1. The van der Waals surface area contributed by atoms with Crippen LogP contribution in [0.25, 0.3) is 44.3 Å². The SMILES string of the molecule is Cc1noc(-c2ccccc2)c1CSC[C@H]1O[C@@H](n2cc(-c3ccc4ccccc4c3)c3c(N)ncnc32)[C@H](O[Si](C)(C)C(C)(C)C)[C@@H]1O[Si](C)(C)C(C)(C)C. The molecule has 4 heterocycles. The largest absolute Gasteiger partial charge is 0.408 e. The third-order valence-electron chi connectivity index (χ3n) is 12.3. The molecule has 296 valence electrons. The van der Waals surface area contributed by atoms with Gasteiger partial charge < -0.3 is 28.4 Å². The van der Waals surface area contributed by atoms with Crippen molar-refractivity contribution in [2.75, 3.05) is 11.5 Å².